The lowest BCUT2D eigenvalue weighted by Crippen LogP contribution is -2.24. The van der Waals surface area contributed by atoms with Crippen LogP contribution in [0.2, 0.25) is 0 Å². The van der Waals surface area contributed by atoms with Gasteiger partial charge in [0.2, 0.25) is 0 Å². The van der Waals surface area contributed by atoms with E-state index < -0.39 is 0 Å². The summed E-state index contributed by atoms with van der Waals surface area (Å²) in [6.45, 7) is 0. The molecule has 0 aliphatic heterocycles. The van der Waals surface area contributed by atoms with E-state index in [-0.39, 0.29) is 0 Å². The fourth-order valence-electron chi connectivity index (χ4n) is 1.10. The first-order valence-electron chi connectivity index (χ1n) is 3.87. The maximum Gasteiger partial charge on any atom is 0.192 e. The Balaban J connectivity index is 2.15. The maximum atomic E-state index is 2.18. The fraction of sp³-hybridized carbons (Fsp3) is 0. The highest BCUT2D eigenvalue weighted by Gasteiger charge is 1.96. The molecule has 1 heterocycles. The molecule has 0 atom stereocenters. The van der Waals surface area contributed by atoms with Crippen LogP contribution in [0.4, 0.5) is 0 Å². The second-order valence-electron chi connectivity index (χ2n) is 2.61. The van der Waals surface area contributed by atoms with Gasteiger partial charge >= 0.3 is 0 Å². The van der Waals surface area contributed by atoms with Gasteiger partial charge in [-0.05, 0) is 10.8 Å². The Morgan fingerprint density at radius 1 is 0.917 bits per heavy atom. The first-order chi connectivity index (χ1) is 5.95. The largest absolute Gasteiger partial charge is 0.192 e. The van der Waals surface area contributed by atoms with Crippen molar-refractivity contribution >= 4 is 29.5 Å². The van der Waals surface area contributed by atoms with Gasteiger partial charge in [-0.3, -0.25) is 0 Å². The molecule has 0 spiro atoms. The highest BCUT2D eigenvalue weighted by atomic mass is 32.1. The second-order valence-corrected chi connectivity index (χ2v) is 3.39. The fourth-order valence-corrected chi connectivity index (χ4v) is 1.72. The molecule has 2 aromatic rings. The lowest BCUT2D eigenvalue weighted by atomic mass is 9.65. The van der Waals surface area contributed by atoms with Crippen molar-refractivity contribution in [3.8, 4) is 0 Å². The van der Waals surface area contributed by atoms with Gasteiger partial charge in [-0.25, -0.2) is 0 Å². The predicted molar refractivity (Wildman–Crippen MR) is 55.8 cm³/mol. The summed E-state index contributed by atoms with van der Waals surface area (Å²) in [5.41, 5.74) is 2.54. The van der Waals surface area contributed by atoms with Crippen LogP contribution in [0, 0.1) is 0 Å². The molecule has 0 bridgehead atoms. The van der Waals surface area contributed by atoms with E-state index in [4.69, 9.17) is 0 Å². The van der Waals surface area contributed by atoms with Gasteiger partial charge in [0.15, 0.2) is 7.28 Å². The highest BCUT2D eigenvalue weighted by molar-refractivity contribution is 7.09. The van der Waals surface area contributed by atoms with Crippen molar-refractivity contribution in [2.45, 2.75) is 0 Å². The summed E-state index contributed by atoms with van der Waals surface area (Å²) in [6, 6.07) is 12.5. The summed E-state index contributed by atoms with van der Waals surface area (Å²) >= 11 is 1.73. The van der Waals surface area contributed by atoms with E-state index >= 15 is 0 Å². The Hall–Kier alpha value is -1.02. The summed E-state index contributed by atoms with van der Waals surface area (Å²) in [4.78, 5) is 0. The highest BCUT2D eigenvalue weighted by Crippen LogP contribution is 1.91. The molecule has 0 amide bonds. The minimum atomic E-state index is 1.26. The van der Waals surface area contributed by atoms with Crippen LogP contribution in [0.1, 0.15) is 0 Å². The van der Waals surface area contributed by atoms with Crippen molar-refractivity contribution in [2.24, 2.45) is 0 Å². The number of rotatable bonds is 2. The molecule has 1 radical (unpaired) electrons. The summed E-state index contributed by atoms with van der Waals surface area (Å²) < 4.78 is 0. The summed E-state index contributed by atoms with van der Waals surface area (Å²) in [5, 5.41) is 4.24. The standard InChI is InChI=1S/C10H8BS/c1-2-4-9(5-3-1)11-10-6-7-12-8-10/h1-8H. The maximum absolute atomic E-state index is 2.18. The topological polar surface area (TPSA) is 0 Å². The smallest absolute Gasteiger partial charge is 0.153 e. The van der Waals surface area contributed by atoms with Crippen molar-refractivity contribution in [3.05, 3.63) is 47.2 Å². The molecule has 0 aliphatic rings. The zero-order chi connectivity index (χ0) is 8.23. The Kier molecular flexibility index (Phi) is 2.28. The molecule has 2 heteroatoms. The van der Waals surface area contributed by atoms with E-state index in [1.54, 1.807) is 11.3 Å². The van der Waals surface area contributed by atoms with Gasteiger partial charge < -0.3 is 0 Å². The van der Waals surface area contributed by atoms with Crippen LogP contribution in [0.5, 0.6) is 0 Å². The third-order valence-electron chi connectivity index (χ3n) is 1.68. The van der Waals surface area contributed by atoms with Gasteiger partial charge in [0.05, 0.1) is 0 Å². The van der Waals surface area contributed by atoms with Crippen molar-refractivity contribution in [1.82, 2.24) is 0 Å². The minimum Gasteiger partial charge on any atom is -0.153 e. The van der Waals surface area contributed by atoms with Crippen LogP contribution in [0.25, 0.3) is 0 Å². The lowest BCUT2D eigenvalue weighted by molar-refractivity contribution is 1.77. The summed E-state index contributed by atoms with van der Waals surface area (Å²) in [6.07, 6.45) is 0. The van der Waals surface area contributed by atoms with Crippen molar-refractivity contribution in [1.29, 1.82) is 0 Å². The van der Waals surface area contributed by atoms with Gasteiger partial charge in [0.1, 0.15) is 0 Å². The molecule has 0 aliphatic carbocycles. The SMILES string of the molecule is [B](c1ccccc1)c1ccsc1. The van der Waals surface area contributed by atoms with Gasteiger partial charge in [0.25, 0.3) is 0 Å². The number of hydrogen-bond acceptors (Lipinski definition) is 1. The van der Waals surface area contributed by atoms with Crippen molar-refractivity contribution < 1.29 is 0 Å². The molecule has 0 saturated carbocycles. The quantitative estimate of drug-likeness (QED) is 0.599. The van der Waals surface area contributed by atoms with Crippen LogP contribution >= 0.6 is 11.3 Å². The van der Waals surface area contributed by atoms with E-state index in [0.29, 0.717) is 0 Å². The van der Waals surface area contributed by atoms with Gasteiger partial charge in [-0.15, -0.1) is 0 Å². The molecular weight excluding hydrogens is 163 g/mol. The Labute approximate surface area is 77.1 Å². The number of benzene rings is 1. The molecule has 0 unspecified atom stereocenters. The second kappa shape index (κ2) is 3.59. The Morgan fingerprint density at radius 2 is 1.75 bits per heavy atom. The molecule has 0 nitrogen and oxygen atoms in total. The van der Waals surface area contributed by atoms with E-state index in [2.05, 4.69) is 48.4 Å². The molecular formula is C10H8BS. The predicted octanol–water partition coefficient (Wildman–Crippen LogP) is 1.40. The van der Waals surface area contributed by atoms with Crippen molar-refractivity contribution in [2.75, 3.05) is 0 Å². The molecule has 2 rings (SSSR count). The van der Waals surface area contributed by atoms with E-state index in [1.807, 2.05) is 6.07 Å². The number of thiophene rings is 1. The van der Waals surface area contributed by atoms with Crippen LogP contribution in [0.3, 0.4) is 0 Å². The van der Waals surface area contributed by atoms with E-state index in [0.717, 1.165) is 0 Å². The molecule has 0 saturated heterocycles. The zero-order valence-electron chi connectivity index (χ0n) is 6.60. The van der Waals surface area contributed by atoms with Crippen LogP contribution in [-0.4, -0.2) is 7.28 Å². The molecule has 57 valence electrons. The number of hydrogen-bond donors (Lipinski definition) is 0. The molecule has 12 heavy (non-hydrogen) atoms. The zero-order valence-corrected chi connectivity index (χ0v) is 7.42. The minimum absolute atomic E-state index is 1.26. The molecule has 1 aromatic carbocycles. The molecule has 0 N–H and O–H groups in total. The Bertz CT molecular complexity index is 326. The van der Waals surface area contributed by atoms with E-state index in [1.165, 1.54) is 10.9 Å². The normalized spacial score (nSPS) is 9.67. The van der Waals surface area contributed by atoms with Crippen molar-refractivity contribution in [3.63, 3.8) is 0 Å². The third-order valence-corrected chi connectivity index (χ3v) is 2.38. The van der Waals surface area contributed by atoms with Gasteiger partial charge in [0, 0.05) is 0 Å². The van der Waals surface area contributed by atoms with Crippen LogP contribution < -0.4 is 10.9 Å². The lowest BCUT2D eigenvalue weighted by Gasteiger charge is -1.94. The Morgan fingerprint density at radius 3 is 2.42 bits per heavy atom. The molecule has 0 fully saturated rings. The molecule has 1 aromatic heterocycles. The van der Waals surface area contributed by atoms with E-state index in [9.17, 15) is 0 Å². The first kappa shape index (κ1) is 7.62. The van der Waals surface area contributed by atoms with Crippen LogP contribution in [-0.2, 0) is 0 Å². The average molecular weight is 171 g/mol. The first-order valence-corrected chi connectivity index (χ1v) is 4.81. The average Bonchev–Trinajstić information content (AvgIpc) is 2.59. The van der Waals surface area contributed by atoms with Crippen LogP contribution in [0.15, 0.2) is 47.2 Å². The van der Waals surface area contributed by atoms with Gasteiger partial charge in [-0.2, -0.15) is 11.3 Å². The monoisotopic (exact) mass is 171 g/mol. The third kappa shape index (κ3) is 1.77. The summed E-state index contributed by atoms with van der Waals surface area (Å²) in [7, 11) is 2.18. The van der Waals surface area contributed by atoms with Gasteiger partial charge in [-0.1, -0.05) is 47.3 Å². The summed E-state index contributed by atoms with van der Waals surface area (Å²) in [5.74, 6) is 0.